The molecule has 12 rings (SSSR count). The normalized spacial score (nSPS) is 14.5. The van der Waals surface area contributed by atoms with Crippen LogP contribution in [0.5, 0.6) is 23.0 Å². The van der Waals surface area contributed by atoms with Crippen LogP contribution in [0.3, 0.4) is 0 Å². The van der Waals surface area contributed by atoms with Crippen molar-refractivity contribution in [3.63, 3.8) is 0 Å². The number of benzene rings is 6. The minimum Gasteiger partial charge on any atom is -0.494 e. The van der Waals surface area contributed by atoms with Crippen LogP contribution in [0.1, 0.15) is 104 Å². The predicted octanol–water partition coefficient (Wildman–Crippen LogP) is 16.9. The molecule has 456 valence electrons. The highest BCUT2D eigenvalue weighted by molar-refractivity contribution is 6.32. The first-order chi connectivity index (χ1) is 43.1. The molecular formula is C69H71Cl4N9O6. The van der Waals surface area contributed by atoms with Gasteiger partial charge in [-0.3, -0.25) is 9.80 Å². The minimum atomic E-state index is -0.418. The summed E-state index contributed by atoms with van der Waals surface area (Å²) in [5.41, 5.74) is 8.20. The number of nitrogens with one attached hydrogen (secondary N) is 3. The molecule has 15 nitrogen and oxygen atoms in total. The SMILES string of the molecule is O=C(Oc1ccc(Cl)cc1)N1CCc2c([nH]c3ccc(Cl)cc23)C1c1ccc(OCCCCCCNCCCn2ccnc2)cc1.O=C(Oc1ccc(Cl)cc1)N1CCc2c([nH]c3ccc(Cl)cc23)C1c1ccc(OCCCCCCn2ccnc2)cc1. The van der Waals surface area contributed by atoms with Crippen LogP contribution in [0, 0.1) is 0 Å². The zero-order valence-corrected chi connectivity index (χ0v) is 51.9. The lowest BCUT2D eigenvalue weighted by Crippen LogP contribution is -2.42. The van der Waals surface area contributed by atoms with Crippen LogP contribution in [0.15, 0.2) is 171 Å². The van der Waals surface area contributed by atoms with Gasteiger partial charge in [0, 0.05) is 104 Å². The third-order valence-corrected chi connectivity index (χ3v) is 17.0. The van der Waals surface area contributed by atoms with Crippen molar-refractivity contribution in [3.8, 4) is 23.0 Å². The summed E-state index contributed by atoms with van der Waals surface area (Å²) >= 11 is 24.8. The van der Waals surface area contributed by atoms with Crippen LogP contribution < -0.4 is 24.3 Å². The number of H-pyrrole nitrogens is 2. The van der Waals surface area contributed by atoms with Crippen molar-refractivity contribution in [2.24, 2.45) is 0 Å². The van der Waals surface area contributed by atoms with Gasteiger partial charge < -0.3 is 43.4 Å². The molecule has 0 saturated carbocycles. The van der Waals surface area contributed by atoms with Gasteiger partial charge in [-0.1, -0.05) is 96.4 Å². The zero-order chi connectivity index (χ0) is 60.6. The smallest absolute Gasteiger partial charge is 0.416 e. The lowest BCUT2D eigenvalue weighted by atomic mass is 9.92. The number of aromatic amines is 2. The van der Waals surface area contributed by atoms with E-state index in [2.05, 4.69) is 34.4 Å². The molecule has 0 spiro atoms. The van der Waals surface area contributed by atoms with E-state index in [4.69, 9.17) is 65.4 Å². The van der Waals surface area contributed by atoms with E-state index < -0.39 is 12.2 Å². The Hall–Kier alpha value is -7.92. The van der Waals surface area contributed by atoms with Gasteiger partial charge in [0.25, 0.3) is 0 Å². The van der Waals surface area contributed by atoms with E-state index in [-0.39, 0.29) is 12.1 Å². The summed E-state index contributed by atoms with van der Waals surface area (Å²) in [6, 6.07) is 40.7. The van der Waals surface area contributed by atoms with E-state index in [1.165, 1.54) is 24.0 Å². The Balaban J connectivity index is 0.000000183. The number of hydrogen-bond acceptors (Lipinski definition) is 9. The van der Waals surface area contributed by atoms with Crippen molar-refractivity contribution in [1.82, 2.24) is 44.2 Å². The van der Waals surface area contributed by atoms with Crippen molar-refractivity contribution >= 4 is 80.4 Å². The Labute approximate surface area is 532 Å². The fourth-order valence-corrected chi connectivity index (χ4v) is 12.2. The lowest BCUT2D eigenvalue weighted by molar-refractivity contribution is 0.134. The standard InChI is InChI=1S/C36H39Cl2N5O3.C33H32Cl2N4O3/c37-27-8-13-30(14-9-27)46-36(44)43-21-16-31-32-24-28(38)10-15-33(32)41-34(31)35(43)26-6-11-29(12-7-26)45-23-4-2-1-3-17-39-18-5-20-42-22-19-40-25-42;34-24-7-12-27(13-8-24)42-33(40)39-18-15-28-29-21-25(35)9-14-30(29)37-31(28)32(39)23-5-10-26(11-6-23)41-20-4-2-1-3-17-38-19-16-36-22-38/h6-15,19,22,24-25,35,39,41H,1-5,16-18,20-21,23H2;5-14,16,19,21-22,32,37H,1-4,15,17-18,20H2. The molecule has 2 atom stereocenters. The number of nitrogens with zero attached hydrogens (tertiary/aromatic N) is 6. The molecule has 4 aromatic heterocycles. The number of halogens is 4. The number of fused-ring (bicyclic) bond motifs is 6. The zero-order valence-electron chi connectivity index (χ0n) is 48.9. The maximum atomic E-state index is 13.5. The summed E-state index contributed by atoms with van der Waals surface area (Å²) in [6.45, 7) is 6.41. The highest BCUT2D eigenvalue weighted by atomic mass is 35.5. The predicted molar refractivity (Wildman–Crippen MR) is 349 cm³/mol. The molecular weight excluding hydrogens is 1190 g/mol. The molecule has 0 saturated heterocycles. The quantitative estimate of drug-likeness (QED) is 0.0501. The maximum absolute atomic E-state index is 13.5. The molecule has 2 aliphatic heterocycles. The average molecular weight is 1260 g/mol. The monoisotopic (exact) mass is 1260 g/mol. The van der Waals surface area contributed by atoms with Gasteiger partial charge in [-0.2, -0.15) is 0 Å². The van der Waals surface area contributed by atoms with Crippen molar-refractivity contribution < 1.29 is 28.5 Å². The number of rotatable bonds is 24. The summed E-state index contributed by atoms with van der Waals surface area (Å²) in [6.07, 6.45) is 21.9. The van der Waals surface area contributed by atoms with Gasteiger partial charge in [0.05, 0.1) is 25.9 Å². The fraction of sp³-hybridized carbons (Fsp3) is 0.304. The highest BCUT2D eigenvalue weighted by Crippen LogP contribution is 2.42. The number of ether oxygens (including phenoxy) is 4. The molecule has 0 fully saturated rings. The summed E-state index contributed by atoms with van der Waals surface area (Å²) in [5.74, 6) is 2.52. The maximum Gasteiger partial charge on any atom is 0.416 e. The molecule has 0 aliphatic carbocycles. The van der Waals surface area contributed by atoms with E-state index in [1.807, 2.05) is 122 Å². The first-order valence-corrected chi connectivity index (χ1v) is 31.8. The van der Waals surface area contributed by atoms with Gasteiger partial charge in [0.2, 0.25) is 0 Å². The molecule has 19 heteroatoms. The summed E-state index contributed by atoms with van der Waals surface area (Å²) in [7, 11) is 0. The van der Waals surface area contributed by atoms with Gasteiger partial charge in [-0.25, -0.2) is 19.6 Å². The molecule has 3 N–H and O–H groups in total. The second-order valence-corrected chi connectivity index (χ2v) is 23.9. The third-order valence-electron chi connectivity index (χ3n) is 16.1. The number of imidazole rings is 2. The van der Waals surface area contributed by atoms with Gasteiger partial charge in [-0.05, 0) is 189 Å². The fourth-order valence-electron chi connectivity index (χ4n) is 11.6. The topological polar surface area (TPSA) is 157 Å². The van der Waals surface area contributed by atoms with Gasteiger partial charge in [0.1, 0.15) is 35.1 Å². The number of carbonyl (C=O) groups excluding carboxylic acids is 2. The lowest BCUT2D eigenvalue weighted by Gasteiger charge is -2.35. The molecule has 0 bridgehead atoms. The summed E-state index contributed by atoms with van der Waals surface area (Å²) in [5, 5.41) is 8.23. The highest BCUT2D eigenvalue weighted by Gasteiger charge is 2.37. The number of aryl methyl sites for hydroxylation is 2. The number of carbonyl (C=O) groups is 2. The molecule has 6 aromatic carbocycles. The Morgan fingerprint density at radius 1 is 0.477 bits per heavy atom. The van der Waals surface area contributed by atoms with Crippen LogP contribution in [0.25, 0.3) is 21.8 Å². The van der Waals surface area contributed by atoms with Gasteiger partial charge in [0.15, 0.2) is 0 Å². The number of amides is 2. The molecule has 88 heavy (non-hydrogen) atoms. The molecule has 2 unspecified atom stereocenters. The van der Waals surface area contributed by atoms with E-state index >= 15 is 0 Å². The van der Waals surface area contributed by atoms with Crippen molar-refractivity contribution in [1.29, 1.82) is 0 Å². The van der Waals surface area contributed by atoms with Crippen LogP contribution >= 0.6 is 46.4 Å². The Bertz CT molecular complexity index is 3840. The third kappa shape index (κ3) is 16.0. The number of unbranched alkanes of at least 4 members (excludes halogenated alkanes) is 6. The Morgan fingerprint density at radius 3 is 1.34 bits per heavy atom. The summed E-state index contributed by atoms with van der Waals surface area (Å²) in [4.78, 5) is 45.9. The van der Waals surface area contributed by atoms with E-state index in [1.54, 1.807) is 58.3 Å². The number of aromatic nitrogens is 6. The largest absolute Gasteiger partial charge is 0.494 e. The molecule has 0 radical (unpaired) electrons. The second-order valence-electron chi connectivity index (χ2n) is 22.1. The molecule has 10 aromatic rings. The summed E-state index contributed by atoms with van der Waals surface area (Å²) < 4.78 is 27.9. The second kappa shape index (κ2) is 30.3. The van der Waals surface area contributed by atoms with Crippen molar-refractivity contribution in [2.45, 2.75) is 95.8 Å². The van der Waals surface area contributed by atoms with Crippen LogP contribution in [-0.4, -0.2) is 90.4 Å². The molecule has 2 amide bonds. The Kier molecular flexibility index (Phi) is 21.3. The molecule has 6 heterocycles. The number of hydrogen-bond donors (Lipinski definition) is 3. The van der Waals surface area contributed by atoms with Crippen molar-refractivity contribution in [3.05, 3.63) is 225 Å². The van der Waals surface area contributed by atoms with Crippen LogP contribution in [0.4, 0.5) is 9.59 Å². The minimum absolute atomic E-state index is 0.357. The van der Waals surface area contributed by atoms with E-state index in [9.17, 15) is 9.59 Å². The van der Waals surface area contributed by atoms with Gasteiger partial charge in [-0.15, -0.1) is 0 Å². The van der Waals surface area contributed by atoms with Crippen molar-refractivity contribution in [2.75, 3.05) is 39.4 Å². The first-order valence-electron chi connectivity index (χ1n) is 30.3. The molecule has 2 aliphatic rings. The van der Waals surface area contributed by atoms with Crippen LogP contribution in [0.2, 0.25) is 20.1 Å². The van der Waals surface area contributed by atoms with Crippen LogP contribution in [-0.2, 0) is 25.9 Å². The Morgan fingerprint density at radius 2 is 0.886 bits per heavy atom. The van der Waals surface area contributed by atoms with E-state index in [0.717, 1.165) is 127 Å². The van der Waals surface area contributed by atoms with Gasteiger partial charge >= 0.3 is 12.2 Å². The van der Waals surface area contributed by atoms with E-state index in [0.29, 0.717) is 70.7 Å². The first kappa shape index (κ1) is 61.7. The average Bonchev–Trinajstić information content (AvgIpc) is 1.61.